The smallest absolute Gasteiger partial charge is 0.174 e. The number of rotatable bonds is 8. The lowest BCUT2D eigenvalue weighted by Gasteiger charge is -2.40. The third-order valence-corrected chi connectivity index (χ3v) is 7.38. The lowest BCUT2D eigenvalue weighted by atomic mass is 9.74. The highest BCUT2D eigenvalue weighted by Crippen LogP contribution is 2.41. The van der Waals surface area contributed by atoms with E-state index < -0.39 is 29.0 Å². The normalized spacial score (nSPS) is 16.2. The van der Waals surface area contributed by atoms with Gasteiger partial charge in [-0.2, -0.15) is 0 Å². The van der Waals surface area contributed by atoms with Gasteiger partial charge in [0.05, 0.1) is 31.3 Å². The fourth-order valence-corrected chi connectivity index (χ4v) is 5.00. The molecule has 0 bridgehead atoms. The predicted octanol–water partition coefficient (Wildman–Crippen LogP) is 5.07. The van der Waals surface area contributed by atoms with Gasteiger partial charge in [-0.3, -0.25) is 9.88 Å². The molecule has 1 atom stereocenters. The third kappa shape index (κ3) is 6.09. The molecule has 1 fully saturated rings. The second kappa shape index (κ2) is 12.1. The Morgan fingerprint density at radius 1 is 1.13 bits per heavy atom. The average Bonchev–Trinajstić information content (AvgIpc) is 2.94. The van der Waals surface area contributed by atoms with E-state index in [0.29, 0.717) is 66.2 Å². The van der Waals surface area contributed by atoms with Gasteiger partial charge in [0.1, 0.15) is 17.7 Å². The number of hydrogen-bond donors (Lipinski definition) is 2. The Morgan fingerprint density at radius 3 is 2.58 bits per heavy atom. The summed E-state index contributed by atoms with van der Waals surface area (Å²) in [5, 5.41) is 20.6. The molecule has 4 rings (SSSR count). The van der Waals surface area contributed by atoms with E-state index >= 15 is 4.39 Å². The van der Waals surface area contributed by atoms with Crippen LogP contribution in [0.4, 0.5) is 17.6 Å². The maximum atomic E-state index is 15.7. The van der Waals surface area contributed by atoms with Gasteiger partial charge in [-0.05, 0) is 68.5 Å². The zero-order chi connectivity index (χ0) is 27.3. The molecule has 5 nitrogen and oxygen atoms in total. The first-order valence-corrected chi connectivity index (χ1v) is 12.5. The number of aromatic nitrogens is 1. The minimum atomic E-state index is -1.37. The van der Waals surface area contributed by atoms with Crippen molar-refractivity contribution in [2.24, 2.45) is 5.41 Å². The van der Waals surface area contributed by atoms with E-state index in [-0.39, 0.29) is 31.7 Å². The molecule has 0 radical (unpaired) electrons. The summed E-state index contributed by atoms with van der Waals surface area (Å²) < 4.78 is 61.5. The van der Waals surface area contributed by atoms with Gasteiger partial charge in [-0.1, -0.05) is 11.8 Å². The Balaban J connectivity index is 1.40. The minimum Gasteiger partial charge on any atom is -0.497 e. The van der Waals surface area contributed by atoms with Gasteiger partial charge < -0.3 is 14.9 Å². The van der Waals surface area contributed by atoms with E-state index in [1.165, 1.54) is 13.3 Å². The van der Waals surface area contributed by atoms with Gasteiger partial charge >= 0.3 is 0 Å². The Bertz CT molecular complexity index is 1340. The van der Waals surface area contributed by atoms with Gasteiger partial charge in [-0.25, -0.2) is 17.6 Å². The summed E-state index contributed by atoms with van der Waals surface area (Å²) in [7, 11) is 1.53. The molecule has 202 valence electrons. The summed E-state index contributed by atoms with van der Waals surface area (Å²) in [5.74, 6) is 2.46. The Hall–Kier alpha value is -3.19. The number of pyridine rings is 1. The molecule has 0 aliphatic carbocycles. The van der Waals surface area contributed by atoms with E-state index in [4.69, 9.17) is 4.74 Å². The Morgan fingerprint density at radius 2 is 1.89 bits per heavy atom. The van der Waals surface area contributed by atoms with Gasteiger partial charge in [0.25, 0.3) is 0 Å². The molecule has 0 amide bonds. The van der Waals surface area contributed by atoms with Crippen molar-refractivity contribution >= 4 is 10.9 Å². The Kier molecular flexibility index (Phi) is 8.87. The molecule has 2 N–H and O–H groups in total. The van der Waals surface area contributed by atoms with Gasteiger partial charge in [-0.15, -0.1) is 0 Å². The third-order valence-electron chi connectivity index (χ3n) is 7.38. The maximum Gasteiger partial charge on any atom is 0.174 e. The van der Waals surface area contributed by atoms with Crippen LogP contribution in [0, 0.1) is 34.7 Å². The lowest BCUT2D eigenvalue weighted by Crippen LogP contribution is -2.42. The molecule has 0 saturated carbocycles. The van der Waals surface area contributed by atoms with Crippen molar-refractivity contribution in [2.45, 2.75) is 38.5 Å². The quantitative estimate of drug-likeness (QED) is 0.242. The molecule has 2 heterocycles. The molecular weight excluding hydrogens is 500 g/mol. The maximum absolute atomic E-state index is 15.7. The Labute approximate surface area is 219 Å². The van der Waals surface area contributed by atoms with Crippen LogP contribution in [-0.4, -0.2) is 53.4 Å². The highest BCUT2D eigenvalue weighted by molar-refractivity contribution is 5.85. The number of aliphatic hydroxyl groups is 2. The predicted molar refractivity (Wildman–Crippen MR) is 136 cm³/mol. The monoisotopic (exact) mass is 530 g/mol. The molecule has 2 aromatic carbocycles. The number of methoxy groups -OCH3 is 1. The van der Waals surface area contributed by atoms with Crippen LogP contribution in [0.5, 0.6) is 5.75 Å². The van der Waals surface area contributed by atoms with Gasteiger partial charge in [0.2, 0.25) is 0 Å². The first kappa shape index (κ1) is 27.8. The summed E-state index contributed by atoms with van der Waals surface area (Å²) in [6, 6.07) is 6.54. The summed E-state index contributed by atoms with van der Waals surface area (Å²) >= 11 is 0. The number of nitrogens with zero attached hydrogens (tertiary/aromatic N) is 2. The molecule has 1 aliphatic heterocycles. The van der Waals surface area contributed by atoms with E-state index in [1.54, 1.807) is 18.2 Å². The fraction of sp³-hybridized carbons (Fsp3) is 0.414. The molecule has 1 aromatic heterocycles. The molecule has 0 spiro atoms. The largest absolute Gasteiger partial charge is 0.497 e. The SMILES string of the molecule is COc1ccc2ncc(CO)c([C@@H](F)CCC3(CO)CCN(CC#Cc4cc(F)cc(F)c4F)CC3)c2c1. The van der Waals surface area contributed by atoms with Crippen molar-refractivity contribution in [3.8, 4) is 17.6 Å². The number of ether oxygens (including phenoxy) is 1. The van der Waals surface area contributed by atoms with Crippen LogP contribution in [0.15, 0.2) is 36.5 Å². The zero-order valence-electron chi connectivity index (χ0n) is 21.1. The molecule has 38 heavy (non-hydrogen) atoms. The minimum absolute atomic E-state index is 0.0925. The number of alkyl halides is 1. The number of fused-ring (bicyclic) bond motifs is 1. The lowest BCUT2D eigenvalue weighted by molar-refractivity contribution is 0.0343. The van der Waals surface area contributed by atoms with Crippen LogP contribution in [0.2, 0.25) is 0 Å². The van der Waals surface area contributed by atoms with Crippen LogP contribution in [0.3, 0.4) is 0 Å². The van der Waals surface area contributed by atoms with Crippen LogP contribution in [-0.2, 0) is 6.61 Å². The second-order valence-corrected chi connectivity index (χ2v) is 9.73. The van der Waals surface area contributed by atoms with Crippen molar-refractivity contribution in [2.75, 3.05) is 33.4 Å². The van der Waals surface area contributed by atoms with E-state index in [2.05, 4.69) is 16.8 Å². The molecular formula is C29H30F4N2O3. The first-order valence-electron chi connectivity index (χ1n) is 12.5. The summed E-state index contributed by atoms with van der Waals surface area (Å²) in [4.78, 5) is 6.33. The number of hydrogen-bond acceptors (Lipinski definition) is 5. The van der Waals surface area contributed by atoms with Crippen molar-refractivity contribution in [3.63, 3.8) is 0 Å². The summed E-state index contributed by atoms with van der Waals surface area (Å²) in [6.45, 7) is 1.01. The van der Waals surface area contributed by atoms with Gasteiger partial charge in [0, 0.05) is 35.4 Å². The van der Waals surface area contributed by atoms with Gasteiger partial charge in [0.15, 0.2) is 11.6 Å². The zero-order valence-corrected chi connectivity index (χ0v) is 21.1. The molecule has 0 unspecified atom stereocenters. The van der Waals surface area contributed by atoms with Crippen molar-refractivity contribution in [1.29, 1.82) is 0 Å². The first-order chi connectivity index (χ1) is 18.3. The molecule has 1 aliphatic rings. The van der Waals surface area contributed by atoms with E-state index in [1.807, 2.05) is 4.90 Å². The number of halogens is 4. The molecule has 3 aromatic rings. The number of aliphatic hydroxyl groups excluding tert-OH is 2. The van der Waals surface area contributed by atoms with Crippen molar-refractivity contribution in [1.82, 2.24) is 9.88 Å². The van der Waals surface area contributed by atoms with E-state index in [9.17, 15) is 23.4 Å². The van der Waals surface area contributed by atoms with Crippen LogP contribution >= 0.6 is 0 Å². The molecule has 9 heteroatoms. The van der Waals surface area contributed by atoms with Crippen LogP contribution in [0.25, 0.3) is 10.9 Å². The highest BCUT2D eigenvalue weighted by atomic mass is 19.2. The fourth-order valence-electron chi connectivity index (χ4n) is 5.00. The summed E-state index contributed by atoms with van der Waals surface area (Å²) in [6.07, 6.45) is 1.94. The van der Waals surface area contributed by atoms with Crippen molar-refractivity contribution < 1.29 is 32.5 Å². The topological polar surface area (TPSA) is 65.8 Å². The highest BCUT2D eigenvalue weighted by Gasteiger charge is 2.35. The van der Waals surface area contributed by atoms with Crippen LogP contribution in [0.1, 0.15) is 48.5 Å². The average molecular weight is 531 g/mol. The van der Waals surface area contributed by atoms with E-state index in [0.717, 1.165) is 6.07 Å². The number of piperidine rings is 1. The van der Waals surface area contributed by atoms with Crippen LogP contribution < -0.4 is 4.74 Å². The number of benzene rings is 2. The van der Waals surface area contributed by atoms with Crippen molar-refractivity contribution in [3.05, 3.63) is 70.7 Å². The number of likely N-dealkylation sites (tertiary alicyclic amines) is 1. The second-order valence-electron chi connectivity index (χ2n) is 9.73. The standard InChI is InChI=1S/C29H30F4N2O3/c1-38-22-4-5-26-23(15-22)27(20(17-36)16-34-26)24(31)6-7-29(18-37)8-11-35(12-9-29)10-2-3-19-13-21(30)14-25(32)28(19)33/h4-5,13-16,24,36-37H,6-12,17-18H2,1H3/t24-/m0/s1. The summed E-state index contributed by atoms with van der Waals surface area (Å²) in [5.41, 5.74) is 0.610. The molecule has 1 saturated heterocycles.